The molecule has 4 nitrogen and oxygen atoms in total. The quantitative estimate of drug-likeness (QED) is 0.887. The van der Waals surface area contributed by atoms with Gasteiger partial charge in [-0.3, -0.25) is 4.79 Å². The summed E-state index contributed by atoms with van der Waals surface area (Å²) < 4.78 is 0. The van der Waals surface area contributed by atoms with Gasteiger partial charge in [-0.2, -0.15) is 0 Å². The fourth-order valence-electron chi connectivity index (χ4n) is 2.96. The second-order valence-electron chi connectivity index (χ2n) is 5.64. The highest BCUT2D eigenvalue weighted by Gasteiger charge is 2.28. The molecule has 2 rings (SSSR count). The summed E-state index contributed by atoms with van der Waals surface area (Å²) in [5, 5.41) is 12.3. The van der Waals surface area contributed by atoms with Crippen molar-refractivity contribution in [2.45, 2.75) is 51.8 Å². The van der Waals surface area contributed by atoms with E-state index in [1.807, 2.05) is 29.2 Å². The number of rotatable bonds is 4. The average molecular weight is 276 g/mol. The predicted molar refractivity (Wildman–Crippen MR) is 80.5 cm³/mol. The van der Waals surface area contributed by atoms with Gasteiger partial charge < -0.3 is 15.3 Å². The Bertz CT molecular complexity index is 452. The topological polar surface area (TPSA) is 52.6 Å². The van der Waals surface area contributed by atoms with Gasteiger partial charge in [0, 0.05) is 17.8 Å². The minimum atomic E-state index is 0.0175. The number of nitrogens with one attached hydrogen (secondary N) is 1. The van der Waals surface area contributed by atoms with Crippen LogP contribution in [0.3, 0.4) is 0 Å². The van der Waals surface area contributed by atoms with Crippen LogP contribution in [-0.2, 0) is 11.4 Å². The number of hydrogen-bond donors (Lipinski definition) is 2. The van der Waals surface area contributed by atoms with Crippen LogP contribution in [0, 0.1) is 0 Å². The third-order valence-electron chi connectivity index (χ3n) is 4.03. The van der Waals surface area contributed by atoms with Crippen molar-refractivity contribution in [2.75, 3.05) is 11.9 Å². The Labute approximate surface area is 120 Å². The van der Waals surface area contributed by atoms with Gasteiger partial charge in [0.25, 0.3) is 0 Å². The van der Waals surface area contributed by atoms with Crippen LogP contribution in [0.15, 0.2) is 24.3 Å². The third kappa shape index (κ3) is 3.51. The van der Waals surface area contributed by atoms with E-state index in [0.717, 1.165) is 24.1 Å². The van der Waals surface area contributed by atoms with E-state index in [0.29, 0.717) is 18.6 Å². The molecule has 1 aliphatic heterocycles. The van der Waals surface area contributed by atoms with Crippen LogP contribution in [0.5, 0.6) is 0 Å². The molecule has 0 saturated carbocycles. The number of carbonyl (C=O) groups excluding carboxylic acids is 1. The van der Waals surface area contributed by atoms with Gasteiger partial charge in [-0.1, -0.05) is 12.1 Å². The van der Waals surface area contributed by atoms with Gasteiger partial charge in [0.15, 0.2) is 0 Å². The molecule has 1 aliphatic rings. The molecule has 1 fully saturated rings. The van der Waals surface area contributed by atoms with Gasteiger partial charge in [0.1, 0.15) is 0 Å². The summed E-state index contributed by atoms with van der Waals surface area (Å²) in [6.07, 6.45) is 3.39. The molecule has 4 heteroatoms. The minimum absolute atomic E-state index is 0.0175. The molecule has 110 valence electrons. The van der Waals surface area contributed by atoms with Crippen LogP contribution in [0.4, 0.5) is 5.69 Å². The predicted octanol–water partition coefficient (Wildman–Crippen LogP) is 2.38. The molecule has 2 atom stereocenters. The van der Waals surface area contributed by atoms with E-state index in [9.17, 15) is 4.79 Å². The van der Waals surface area contributed by atoms with E-state index in [1.165, 1.54) is 6.42 Å². The molecule has 1 saturated heterocycles. The van der Waals surface area contributed by atoms with Crippen LogP contribution < -0.4 is 5.32 Å². The Kier molecular flexibility index (Phi) is 5.01. The van der Waals surface area contributed by atoms with Gasteiger partial charge in [0.05, 0.1) is 13.2 Å². The summed E-state index contributed by atoms with van der Waals surface area (Å²) in [7, 11) is 0. The first-order chi connectivity index (χ1) is 9.61. The maximum absolute atomic E-state index is 12.4. The monoisotopic (exact) mass is 276 g/mol. The normalized spacial score (nSPS) is 22.6. The molecule has 20 heavy (non-hydrogen) atoms. The van der Waals surface area contributed by atoms with Crippen LogP contribution in [-0.4, -0.2) is 34.5 Å². The van der Waals surface area contributed by atoms with Crippen molar-refractivity contribution >= 4 is 11.6 Å². The highest BCUT2D eigenvalue weighted by atomic mass is 16.3. The summed E-state index contributed by atoms with van der Waals surface area (Å²) in [5.74, 6) is 0.152. The standard InChI is InChI=1S/C16H24N2O2/c1-12-5-3-6-13(2)18(12)16(20)10-17-15-8-4-7-14(9-15)11-19/h4,7-9,12-13,17,19H,3,5-6,10-11H2,1-2H3. The number of likely N-dealkylation sites (tertiary alicyclic amines) is 1. The van der Waals surface area contributed by atoms with Crippen molar-refractivity contribution < 1.29 is 9.90 Å². The Morgan fingerprint density at radius 3 is 2.70 bits per heavy atom. The number of benzene rings is 1. The van der Waals surface area contributed by atoms with Crippen LogP contribution in [0.1, 0.15) is 38.7 Å². The number of hydrogen-bond acceptors (Lipinski definition) is 3. The maximum Gasteiger partial charge on any atom is 0.242 e. The van der Waals surface area contributed by atoms with E-state index in [2.05, 4.69) is 19.2 Å². The summed E-state index contributed by atoms with van der Waals surface area (Å²) in [5.41, 5.74) is 1.73. The summed E-state index contributed by atoms with van der Waals surface area (Å²) >= 11 is 0. The van der Waals surface area contributed by atoms with E-state index in [-0.39, 0.29) is 12.5 Å². The van der Waals surface area contributed by atoms with Gasteiger partial charge in [-0.05, 0) is 50.8 Å². The largest absolute Gasteiger partial charge is 0.392 e. The van der Waals surface area contributed by atoms with Crippen molar-refractivity contribution in [3.05, 3.63) is 29.8 Å². The number of carbonyl (C=O) groups is 1. The molecule has 0 aliphatic carbocycles. The molecule has 0 spiro atoms. The molecule has 1 aromatic rings. The minimum Gasteiger partial charge on any atom is -0.392 e. The molecular formula is C16H24N2O2. The molecule has 0 bridgehead atoms. The number of anilines is 1. The highest BCUT2D eigenvalue weighted by molar-refractivity contribution is 5.81. The van der Waals surface area contributed by atoms with Crippen molar-refractivity contribution in [3.63, 3.8) is 0 Å². The molecule has 1 heterocycles. The summed E-state index contributed by atoms with van der Waals surface area (Å²) in [6.45, 7) is 4.58. The number of amides is 1. The van der Waals surface area contributed by atoms with Gasteiger partial charge in [-0.15, -0.1) is 0 Å². The van der Waals surface area contributed by atoms with E-state index >= 15 is 0 Å². The lowest BCUT2D eigenvalue weighted by Gasteiger charge is -2.39. The number of aliphatic hydroxyl groups is 1. The molecule has 1 aromatic carbocycles. The maximum atomic E-state index is 12.4. The molecule has 2 N–H and O–H groups in total. The van der Waals surface area contributed by atoms with E-state index < -0.39 is 0 Å². The second-order valence-corrected chi connectivity index (χ2v) is 5.64. The summed E-state index contributed by atoms with van der Waals surface area (Å²) in [4.78, 5) is 14.4. The van der Waals surface area contributed by atoms with Crippen LogP contribution in [0.2, 0.25) is 0 Å². The van der Waals surface area contributed by atoms with Crippen LogP contribution >= 0.6 is 0 Å². The van der Waals surface area contributed by atoms with Crippen molar-refractivity contribution in [3.8, 4) is 0 Å². The SMILES string of the molecule is CC1CCCC(C)N1C(=O)CNc1cccc(CO)c1. The molecule has 2 unspecified atom stereocenters. The molecular weight excluding hydrogens is 252 g/mol. The molecule has 0 radical (unpaired) electrons. The van der Waals surface area contributed by atoms with Crippen molar-refractivity contribution in [2.24, 2.45) is 0 Å². The Morgan fingerprint density at radius 2 is 2.05 bits per heavy atom. The third-order valence-corrected chi connectivity index (χ3v) is 4.03. The highest BCUT2D eigenvalue weighted by Crippen LogP contribution is 2.22. The lowest BCUT2D eigenvalue weighted by molar-refractivity contribution is -0.135. The van der Waals surface area contributed by atoms with Gasteiger partial charge in [-0.25, -0.2) is 0 Å². The van der Waals surface area contributed by atoms with E-state index in [4.69, 9.17) is 5.11 Å². The second kappa shape index (κ2) is 6.75. The smallest absolute Gasteiger partial charge is 0.242 e. The average Bonchev–Trinajstić information content (AvgIpc) is 2.45. The lowest BCUT2D eigenvalue weighted by atomic mass is 9.97. The van der Waals surface area contributed by atoms with Crippen molar-refractivity contribution in [1.82, 2.24) is 4.90 Å². The number of nitrogens with zero attached hydrogens (tertiary/aromatic N) is 1. The zero-order chi connectivity index (χ0) is 14.5. The Morgan fingerprint density at radius 1 is 1.35 bits per heavy atom. The summed E-state index contributed by atoms with van der Waals surface area (Å²) in [6, 6.07) is 8.19. The fraction of sp³-hybridized carbons (Fsp3) is 0.562. The number of piperidine rings is 1. The molecule has 1 amide bonds. The molecule has 0 aromatic heterocycles. The Hall–Kier alpha value is -1.55. The van der Waals surface area contributed by atoms with Gasteiger partial charge in [0.2, 0.25) is 5.91 Å². The first kappa shape index (κ1) is 14.9. The Balaban J connectivity index is 1.94. The number of aliphatic hydroxyl groups excluding tert-OH is 1. The first-order valence-corrected chi connectivity index (χ1v) is 7.36. The lowest BCUT2D eigenvalue weighted by Crippen LogP contribution is -2.49. The van der Waals surface area contributed by atoms with E-state index in [1.54, 1.807) is 0 Å². The zero-order valence-electron chi connectivity index (χ0n) is 12.3. The van der Waals surface area contributed by atoms with Gasteiger partial charge >= 0.3 is 0 Å². The first-order valence-electron chi connectivity index (χ1n) is 7.36. The zero-order valence-corrected chi connectivity index (χ0v) is 12.3. The van der Waals surface area contributed by atoms with Crippen LogP contribution in [0.25, 0.3) is 0 Å². The van der Waals surface area contributed by atoms with Crippen molar-refractivity contribution in [1.29, 1.82) is 0 Å². The fourth-order valence-corrected chi connectivity index (χ4v) is 2.96.